The van der Waals surface area contributed by atoms with Gasteiger partial charge in [0.1, 0.15) is 4.88 Å². The van der Waals surface area contributed by atoms with Gasteiger partial charge in [-0.15, -0.1) is 11.3 Å². The number of hydrogen-bond acceptors (Lipinski definition) is 6. The fourth-order valence-corrected chi connectivity index (χ4v) is 4.75. The standard InChI is InChI=1S/C18H20N2O3S/c1-22-18(21)16-15-14(17(24-16)20-7-9-23-10-8-20)13(11-19-15)12-5-3-2-4-6-12/h2-6,13,19H,7-11H2,1H3. The monoisotopic (exact) mass is 344 g/mol. The molecule has 1 fully saturated rings. The van der Waals surface area contributed by atoms with E-state index in [1.165, 1.54) is 34.6 Å². The Kier molecular flexibility index (Phi) is 4.16. The molecule has 6 heteroatoms. The van der Waals surface area contributed by atoms with E-state index in [9.17, 15) is 4.79 Å². The van der Waals surface area contributed by atoms with E-state index in [0.29, 0.717) is 4.88 Å². The molecule has 1 unspecified atom stereocenters. The number of fused-ring (bicyclic) bond motifs is 1. The lowest BCUT2D eigenvalue weighted by molar-refractivity contribution is 0.0607. The summed E-state index contributed by atoms with van der Waals surface area (Å²) in [5.41, 5.74) is 3.45. The van der Waals surface area contributed by atoms with Crippen LogP contribution in [0.15, 0.2) is 30.3 Å². The smallest absolute Gasteiger partial charge is 0.350 e. The van der Waals surface area contributed by atoms with Crippen LogP contribution in [0.4, 0.5) is 10.7 Å². The fraction of sp³-hybridized carbons (Fsp3) is 0.389. The Morgan fingerprint density at radius 1 is 1.29 bits per heavy atom. The maximum atomic E-state index is 12.2. The second-order valence-electron chi connectivity index (χ2n) is 5.96. The minimum Gasteiger partial charge on any atom is -0.465 e. The van der Waals surface area contributed by atoms with Crippen molar-refractivity contribution in [3.05, 3.63) is 46.3 Å². The summed E-state index contributed by atoms with van der Waals surface area (Å²) in [5, 5.41) is 4.62. The molecule has 5 nitrogen and oxygen atoms in total. The van der Waals surface area contributed by atoms with Crippen molar-refractivity contribution in [2.45, 2.75) is 5.92 Å². The summed E-state index contributed by atoms with van der Waals surface area (Å²) in [6.07, 6.45) is 0. The molecule has 1 aromatic heterocycles. The number of methoxy groups -OCH3 is 1. The predicted octanol–water partition coefficient (Wildman–Crippen LogP) is 2.93. The summed E-state index contributed by atoms with van der Waals surface area (Å²) in [4.78, 5) is 15.2. The molecular formula is C18H20N2O3S. The number of carbonyl (C=O) groups excluding carboxylic acids is 1. The van der Waals surface area contributed by atoms with E-state index < -0.39 is 0 Å². The van der Waals surface area contributed by atoms with Crippen LogP contribution in [0.2, 0.25) is 0 Å². The number of thiophene rings is 1. The van der Waals surface area contributed by atoms with Gasteiger partial charge in [-0.05, 0) is 5.56 Å². The first-order valence-electron chi connectivity index (χ1n) is 8.16. The Bertz CT molecular complexity index is 738. The molecule has 24 heavy (non-hydrogen) atoms. The van der Waals surface area contributed by atoms with Gasteiger partial charge in [-0.25, -0.2) is 4.79 Å². The molecule has 2 aliphatic rings. The van der Waals surface area contributed by atoms with E-state index in [2.05, 4.69) is 34.5 Å². The molecular weight excluding hydrogens is 324 g/mol. The minimum atomic E-state index is -0.267. The zero-order chi connectivity index (χ0) is 16.5. The van der Waals surface area contributed by atoms with Crippen LogP contribution in [0.5, 0.6) is 0 Å². The topological polar surface area (TPSA) is 50.8 Å². The first-order valence-corrected chi connectivity index (χ1v) is 8.97. The highest BCUT2D eigenvalue weighted by atomic mass is 32.1. The molecule has 1 aromatic carbocycles. The molecule has 0 radical (unpaired) electrons. The van der Waals surface area contributed by atoms with Gasteiger partial charge in [-0.3, -0.25) is 0 Å². The summed E-state index contributed by atoms with van der Waals surface area (Å²) < 4.78 is 10.5. The number of carbonyl (C=O) groups is 1. The van der Waals surface area contributed by atoms with Crippen LogP contribution >= 0.6 is 11.3 Å². The van der Waals surface area contributed by atoms with Gasteiger partial charge in [0.05, 0.1) is 31.0 Å². The molecule has 0 spiro atoms. The Morgan fingerprint density at radius 3 is 2.75 bits per heavy atom. The highest BCUT2D eigenvalue weighted by Crippen LogP contribution is 2.50. The van der Waals surface area contributed by atoms with Gasteiger partial charge in [0.25, 0.3) is 0 Å². The van der Waals surface area contributed by atoms with E-state index in [-0.39, 0.29) is 11.9 Å². The first kappa shape index (κ1) is 15.5. The Balaban J connectivity index is 1.80. The Hall–Kier alpha value is -2.05. The van der Waals surface area contributed by atoms with Crippen LogP contribution in [0.1, 0.15) is 26.7 Å². The van der Waals surface area contributed by atoms with Crippen LogP contribution in [0, 0.1) is 0 Å². The Morgan fingerprint density at radius 2 is 2.04 bits per heavy atom. The molecule has 4 rings (SSSR count). The highest BCUT2D eigenvalue weighted by molar-refractivity contribution is 7.18. The van der Waals surface area contributed by atoms with Crippen LogP contribution in [-0.4, -0.2) is 45.9 Å². The van der Waals surface area contributed by atoms with Crippen molar-refractivity contribution in [2.75, 3.05) is 50.2 Å². The minimum absolute atomic E-state index is 0.258. The van der Waals surface area contributed by atoms with Gasteiger partial charge >= 0.3 is 5.97 Å². The lowest BCUT2D eigenvalue weighted by Gasteiger charge is -2.29. The predicted molar refractivity (Wildman–Crippen MR) is 95.5 cm³/mol. The Labute approximate surface area is 145 Å². The van der Waals surface area contributed by atoms with Crippen molar-refractivity contribution in [3.8, 4) is 0 Å². The number of anilines is 2. The maximum absolute atomic E-state index is 12.2. The van der Waals surface area contributed by atoms with Crippen LogP contribution in [0.3, 0.4) is 0 Å². The lowest BCUT2D eigenvalue weighted by atomic mass is 9.94. The number of benzene rings is 1. The van der Waals surface area contributed by atoms with Crippen molar-refractivity contribution < 1.29 is 14.3 Å². The molecule has 126 valence electrons. The van der Waals surface area contributed by atoms with Crippen molar-refractivity contribution in [1.82, 2.24) is 0 Å². The number of rotatable bonds is 3. The number of nitrogens with zero attached hydrogens (tertiary/aromatic N) is 1. The van der Waals surface area contributed by atoms with Crippen LogP contribution in [-0.2, 0) is 9.47 Å². The number of ether oxygens (including phenoxy) is 2. The van der Waals surface area contributed by atoms with Crippen molar-refractivity contribution >= 4 is 28.0 Å². The normalized spacial score (nSPS) is 19.7. The van der Waals surface area contributed by atoms with E-state index >= 15 is 0 Å². The summed E-state index contributed by atoms with van der Waals surface area (Å²) in [6.45, 7) is 3.97. The third-order valence-electron chi connectivity index (χ3n) is 4.63. The summed E-state index contributed by atoms with van der Waals surface area (Å²) >= 11 is 1.53. The quantitative estimate of drug-likeness (QED) is 0.868. The van der Waals surface area contributed by atoms with Gasteiger partial charge in [0.15, 0.2) is 0 Å². The number of morpholine rings is 1. The molecule has 0 amide bonds. The molecule has 1 saturated heterocycles. The van der Waals surface area contributed by atoms with Crippen LogP contribution < -0.4 is 10.2 Å². The van der Waals surface area contributed by atoms with E-state index in [0.717, 1.165) is 38.5 Å². The van der Waals surface area contributed by atoms with Gasteiger partial charge in [-0.2, -0.15) is 0 Å². The van der Waals surface area contributed by atoms with E-state index in [1.807, 2.05) is 6.07 Å². The van der Waals surface area contributed by atoms with Crippen molar-refractivity contribution in [3.63, 3.8) is 0 Å². The number of hydrogen-bond donors (Lipinski definition) is 1. The van der Waals surface area contributed by atoms with Gasteiger partial charge in [0.2, 0.25) is 0 Å². The van der Waals surface area contributed by atoms with Gasteiger partial charge in [-0.1, -0.05) is 30.3 Å². The molecule has 0 aliphatic carbocycles. The average Bonchev–Trinajstić information content (AvgIpc) is 3.23. The van der Waals surface area contributed by atoms with Gasteiger partial charge in [0, 0.05) is 31.1 Å². The average molecular weight is 344 g/mol. The lowest BCUT2D eigenvalue weighted by Crippen LogP contribution is -2.36. The van der Waals surface area contributed by atoms with E-state index in [1.54, 1.807) is 0 Å². The zero-order valence-electron chi connectivity index (χ0n) is 13.6. The molecule has 1 N–H and O–H groups in total. The fourth-order valence-electron chi connectivity index (χ4n) is 3.44. The summed E-state index contributed by atoms with van der Waals surface area (Å²) in [6, 6.07) is 10.5. The molecule has 2 aromatic rings. The molecule has 0 bridgehead atoms. The highest BCUT2D eigenvalue weighted by Gasteiger charge is 2.36. The van der Waals surface area contributed by atoms with Gasteiger partial charge < -0.3 is 19.7 Å². The molecule has 0 saturated carbocycles. The third kappa shape index (κ3) is 2.56. The van der Waals surface area contributed by atoms with Crippen LogP contribution in [0.25, 0.3) is 0 Å². The third-order valence-corrected chi connectivity index (χ3v) is 5.87. The van der Waals surface area contributed by atoms with Crippen molar-refractivity contribution in [2.24, 2.45) is 0 Å². The molecule has 2 aliphatic heterocycles. The largest absolute Gasteiger partial charge is 0.465 e. The second kappa shape index (κ2) is 6.45. The first-order chi connectivity index (χ1) is 11.8. The number of esters is 1. The summed E-state index contributed by atoms with van der Waals surface area (Å²) in [5.74, 6) is -0.00864. The van der Waals surface area contributed by atoms with Crippen molar-refractivity contribution in [1.29, 1.82) is 0 Å². The van der Waals surface area contributed by atoms with E-state index in [4.69, 9.17) is 9.47 Å². The zero-order valence-corrected chi connectivity index (χ0v) is 14.4. The second-order valence-corrected chi connectivity index (χ2v) is 6.96. The molecule has 3 heterocycles. The number of nitrogens with one attached hydrogen (secondary N) is 1. The molecule has 1 atom stereocenters. The maximum Gasteiger partial charge on any atom is 0.350 e. The summed E-state index contributed by atoms with van der Waals surface area (Å²) in [7, 11) is 1.44. The SMILES string of the molecule is COC(=O)c1sc(N2CCOCC2)c2c1NCC2c1ccccc1.